The van der Waals surface area contributed by atoms with Crippen LogP contribution in [0.15, 0.2) is 16.9 Å². The molecule has 0 bridgehead atoms. The second kappa shape index (κ2) is 4.92. The van der Waals surface area contributed by atoms with Crippen LogP contribution in [0.3, 0.4) is 0 Å². The van der Waals surface area contributed by atoms with Crippen molar-refractivity contribution < 1.29 is 0 Å². The van der Waals surface area contributed by atoms with Gasteiger partial charge in [-0.2, -0.15) is 0 Å². The number of H-pyrrole nitrogens is 1. The van der Waals surface area contributed by atoms with Crippen molar-refractivity contribution in [1.82, 2.24) is 10.3 Å². The Morgan fingerprint density at radius 1 is 1.41 bits per heavy atom. The number of hydrogen-bond donors (Lipinski definition) is 2. The van der Waals surface area contributed by atoms with Gasteiger partial charge in [-0.05, 0) is 18.9 Å². The predicted octanol–water partition coefficient (Wildman–Crippen LogP) is 1.30. The van der Waals surface area contributed by atoms with Crippen LogP contribution in [0, 0.1) is 0 Å². The summed E-state index contributed by atoms with van der Waals surface area (Å²) in [6.45, 7) is 9.25. The van der Waals surface area contributed by atoms with Crippen molar-refractivity contribution in [2.24, 2.45) is 0 Å². The predicted molar refractivity (Wildman–Crippen MR) is 70.8 cm³/mol. The largest absolute Gasteiger partial charge is 0.368 e. The van der Waals surface area contributed by atoms with Crippen molar-refractivity contribution in [3.05, 3.63) is 28.2 Å². The molecular weight excluding hydrogens is 214 g/mol. The Balaban J connectivity index is 2.28. The first kappa shape index (κ1) is 12.2. The van der Waals surface area contributed by atoms with Gasteiger partial charge < -0.3 is 15.2 Å². The summed E-state index contributed by atoms with van der Waals surface area (Å²) < 4.78 is 0. The van der Waals surface area contributed by atoms with E-state index >= 15 is 0 Å². The number of rotatable bonds is 2. The smallest absolute Gasteiger partial charge is 0.250 e. The van der Waals surface area contributed by atoms with Crippen LogP contribution in [0.25, 0.3) is 0 Å². The van der Waals surface area contributed by atoms with Crippen LogP contribution in [0.4, 0.5) is 5.69 Å². The zero-order chi connectivity index (χ0) is 12.4. The van der Waals surface area contributed by atoms with Crippen LogP contribution >= 0.6 is 0 Å². The monoisotopic (exact) mass is 235 g/mol. The molecule has 4 nitrogen and oxygen atoms in total. The van der Waals surface area contributed by atoms with E-state index in [2.05, 4.69) is 42.0 Å². The molecule has 1 saturated heterocycles. The van der Waals surface area contributed by atoms with Crippen LogP contribution in [0.1, 0.15) is 32.4 Å². The Hall–Kier alpha value is -1.29. The molecule has 1 aliphatic rings. The molecule has 2 heterocycles. The number of anilines is 1. The van der Waals surface area contributed by atoms with E-state index in [0.717, 1.165) is 31.0 Å². The van der Waals surface area contributed by atoms with E-state index in [4.69, 9.17) is 0 Å². The molecule has 0 amide bonds. The highest BCUT2D eigenvalue weighted by Gasteiger charge is 2.17. The molecule has 17 heavy (non-hydrogen) atoms. The highest BCUT2D eigenvalue weighted by molar-refractivity contribution is 5.47. The highest BCUT2D eigenvalue weighted by Crippen LogP contribution is 2.18. The fraction of sp³-hybridized carbons (Fsp3) is 0.615. The van der Waals surface area contributed by atoms with Crippen molar-refractivity contribution in [1.29, 1.82) is 0 Å². The summed E-state index contributed by atoms with van der Waals surface area (Å²) in [5.74, 6) is 0.350. The van der Waals surface area contributed by atoms with Crippen molar-refractivity contribution in [3.63, 3.8) is 0 Å². The minimum Gasteiger partial charge on any atom is -0.368 e. The first-order chi connectivity index (χ1) is 8.06. The van der Waals surface area contributed by atoms with Crippen LogP contribution in [0.2, 0.25) is 0 Å². The van der Waals surface area contributed by atoms with E-state index in [1.807, 2.05) is 0 Å². The van der Waals surface area contributed by atoms with Gasteiger partial charge in [-0.25, -0.2) is 0 Å². The minimum atomic E-state index is -0.00242. The maximum absolute atomic E-state index is 11.6. The number of piperazine rings is 1. The Labute approximate surface area is 102 Å². The standard InChI is InChI=1S/C13H21N3O/c1-9(2)12-6-11(7-13(17)15-12)16-5-4-14-10(3)8-16/h6-7,9-10,14H,4-5,8H2,1-3H3,(H,15,17)/t10-/m0/s1. The van der Waals surface area contributed by atoms with Gasteiger partial charge in [0.05, 0.1) is 0 Å². The van der Waals surface area contributed by atoms with Gasteiger partial charge in [0.25, 0.3) is 0 Å². The van der Waals surface area contributed by atoms with Gasteiger partial charge in [0, 0.05) is 43.1 Å². The average molecular weight is 235 g/mol. The van der Waals surface area contributed by atoms with Gasteiger partial charge in [-0.15, -0.1) is 0 Å². The molecule has 0 spiro atoms. The molecule has 2 rings (SSSR count). The molecule has 0 unspecified atom stereocenters. The van der Waals surface area contributed by atoms with E-state index in [1.165, 1.54) is 0 Å². The fourth-order valence-electron chi connectivity index (χ4n) is 2.21. The quantitative estimate of drug-likeness (QED) is 0.812. The lowest BCUT2D eigenvalue weighted by molar-refractivity contribution is 0.484. The van der Waals surface area contributed by atoms with E-state index < -0.39 is 0 Å². The van der Waals surface area contributed by atoms with Gasteiger partial charge >= 0.3 is 0 Å². The SMILES string of the molecule is CC(C)c1cc(N2CCN[C@@H](C)C2)cc(=O)[nH]1. The molecule has 1 atom stereocenters. The van der Waals surface area contributed by atoms with Crippen molar-refractivity contribution >= 4 is 5.69 Å². The maximum atomic E-state index is 11.6. The fourth-order valence-corrected chi connectivity index (χ4v) is 2.21. The lowest BCUT2D eigenvalue weighted by atomic mass is 10.1. The topological polar surface area (TPSA) is 48.1 Å². The van der Waals surface area contributed by atoms with E-state index in [9.17, 15) is 4.79 Å². The Bertz CT molecular complexity index is 439. The molecule has 1 fully saturated rings. The molecule has 1 aromatic rings. The van der Waals surface area contributed by atoms with Crippen molar-refractivity contribution in [2.45, 2.75) is 32.7 Å². The van der Waals surface area contributed by atoms with Crippen LogP contribution in [0.5, 0.6) is 0 Å². The van der Waals surface area contributed by atoms with Gasteiger partial charge in [0.15, 0.2) is 0 Å². The number of hydrogen-bond acceptors (Lipinski definition) is 3. The van der Waals surface area contributed by atoms with Crippen LogP contribution in [-0.4, -0.2) is 30.7 Å². The molecule has 0 aliphatic carbocycles. The number of aromatic nitrogens is 1. The summed E-state index contributed by atoms with van der Waals surface area (Å²) in [4.78, 5) is 16.8. The molecule has 0 radical (unpaired) electrons. The molecule has 2 N–H and O–H groups in total. The van der Waals surface area contributed by atoms with Crippen LogP contribution < -0.4 is 15.8 Å². The van der Waals surface area contributed by atoms with Gasteiger partial charge in [-0.3, -0.25) is 4.79 Å². The summed E-state index contributed by atoms with van der Waals surface area (Å²) in [6.07, 6.45) is 0. The molecule has 1 aromatic heterocycles. The first-order valence-electron chi connectivity index (χ1n) is 6.29. The zero-order valence-electron chi connectivity index (χ0n) is 10.8. The lowest BCUT2D eigenvalue weighted by Crippen LogP contribution is -2.49. The maximum Gasteiger partial charge on any atom is 0.250 e. The molecule has 94 valence electrons. The number of aromatic amines is 1. The van der Waals surface area contributed by atoms with E-state index in [0.29, 0.717) is 12.0 Å². The molecule has 1 aliphatic heterocycles. The average Bonchev–Trinajstić information content (AvgIpc) is 2.28. The van der Waals surface area contributed by atoms with Crippen molar-refractivity contribution in [3.8, 4) is 0 Å². The van der Waals surface area contributed by atoms with Gasteiger partial charge in [0.2, 0.25) is 5.56 Å². The summed E-state index contributed by atoms with van der Waals surface area (Å²) in [5, 5.41) is 3.41. The van der Waals surface area contributed by atoms with Crippen molar-refractivity contribution in [2.75, 3.05) is 24.5 Å². The minimum absolute atomic E-state index is 0.00242. The number of nitrogens with zero attached hydrogens (tertiary/aromatic N) is 1. The van der Waals surface area contributed by atoms with E-state index in [-0.39, 0.29) is 5.56 Å². The second-order valence-electron chi connectivity index (χ2n) is 5.11. The second-order valence-corrected chi connectivity index (χ2v) is 5.11. The number of nitrogens with one attached hydrogen (secondary N) is 2. The third-order valence-electron chi connectivity index (χ3n) is 3.21. The molecule has 0 aromatic carbocycles. The third-order valence-corrected chi connectivity index (χ3v) is 3.21. The van der Waals surface area contributed by atoms with Gasteiger partial charge in [-0.1, -0.05) is 13.8 Å². The summed E-state index contributed by atoms with van der Waals surface area (Å²) in [6, 6.07) is 4.28. The molecule has 0 saturated carbocycles. The third kappa shape index (κ3) is 2.88. The zero-order valence-corrected chi connectivity index (χ0v) is 10.8. The Morgan fingerprint density at radius 2 is 2.18 bits per heavy atom. The number of pyridine rings is 1. The van der Waals surface area contributed by atoms with Gasteiger partial charge in [0.1, 0.15) is 0 Å². The Morgan fingerprint density at radius 3 is 2.82 bits per heavy atom. The van der Waals surface area contributed by atoms with Crippen LogP contribution in [-0.2, 0) is 0 Å². The summed E-state index contributed by atoms with van der Waals surface area (Å²) in [7, 11) is 0. The summed E-state index contributed by atoms with van der Waals surface area (Å²) >= 11 is 0. The Kier molecular flexibility index (Phi) is 3.52. The highest BCUT2D eigenvalue weighted by atomic mass is 16.1. The molecular formula is C13H21N3O. The molecule has 4 heteroatoms. The lowest BCUT2D eigenvalue weighted by Gasteiger charge is -2.33. The van der Waals surface area contributed by atoms with E-state index in [1.54, 1.807) is 6.07 Å². The summed E-state index contributed by atoms with van der Waals surface area (Å²) in [5.41, 5.74) is 2.06. The normalized spacial score (nSPS) is 20.9. The first-order valence-corrected chi connectivity index (χ1v) is 6.29.